The fraction of sp³-hybridized carbons (Fsp3) is 0.400. The number of hydrogen-bond donors (Lipinski definition) is 1. The first-order valence-corrected chi connectivity index (χ1v) is 6.34. The number of aryl methyl sites for hydroxylation is 1. The van der Waals surface area contributed by atoms with Crippen LogP contribution in [0.2, 0.25) is 0 Å². The average Bonchev–Trinajstić information content (AvgIpc) is 2.74. The van der Waals surface area contributed by atoms with Crippen LogP contribution in [0.1, 0.15) is 48.5 Å². The monoisotopic (exact) mass is 229 g/mol. The van der Waals surface area contributed by atoms with E-state index in [0.717, 1.165) is 35.7 Å². The third kappa shape index (κ3) is 2.41. The van der Waals surface area contributed by atoms with E-state index < -0.39 is 0 Å². The number of fused-ring (bicyclic) bond motifs is 1. The maximum absolute atomic E-state index is 12.1. The van der Waals surface area contributed by atoms with Crippen molar-refractivity contribution in [3.63, 3.8) is 0 Å². The van der Waals surface area contributed by atoms with Crippen LogP contribution in [0, 0.1) is 6.92 Å². The number of ketones is 1. The number of rotatable bonds is 5. The van der Waals surface area contributed by atoms with Crippen LogP contribution >= 0.6 is 0 Å². The summed E-state index contributed by atoms with van der Waals surface area (Å²) in [5.41, 5.74) is 3.08. The van der Waals surface area contributed by atoms with E-state index in [1.165, 1.54) is 5.56 Å². The summed E-state index contributed by atoms with van der Waals surface area (Å²) in [5.74, 6) is 0.263. The molecule has 1 aromatic carbocycles. The number of carbonyl (C=O) groups excluding carboxylic acids is 1. The quantitative estimate of drug-likeness (QED) is 0.603. The summed E-state index contributed by atoms with van der Waals surface area (Å²) >= 11 is 0. The number of carbonyl (C=O) groups is 1. The molecule has 1 N–H and O–H groups in total. The van der Waals surface area contributed by atoms with Gasteiger partial charge in [0.25, 0.3) is 0 Å². The highest BCUT2D eigenvalue weighted by Crippen LogP contribution is 2.23. The van der Waals surface area contributed by atoms with Gasteiger partial charge in [0.1, 0.15) is 0 Å². The first-order valence-electron chi connectivity index (χ1n) is 6.34. The first kappa shape index (κ1) is 11.9. The molecule has 17 heavy (non-hydrogen) atoms. The summed E-state index contributed by atoms with van der Waals surface area (Å²) in [6, 6.07) is 6.09. The predicted octanol–water partition coefficient (Wildman–Crippen LogP) is 4.24. The molecule has 1 aromatic heterocycles. The summed E-state index contributed by atoms with van der Waals surface area (Å²) in [7, 11) is 0. The van der Waals surface area contributed by atoms with Crippen LogP contribution in [0.3, 0.4) is 0 Å². The van der Waals surface area contributed by atoms with Gasteiger partial charge in [0.15, 0.2) is 5.78 Å². The Kier molecular flexibility index (Phi) is 3.62. The topological polar surface area (TPSA) is 32.9 Å². The van der Waals surface area contributed by atoms with Gasteiger partial charge in [-0.05, 0) is 25.0 Å². The molecule has 0 radical (unpaired) electrons. The molecular formula is C15H19NO. The zero-order valence-electron chi connectivity index (χ0n) is 10.5. The van der Waals surface area contributed by atoms with Gasteiger partial charge in [0.2, 0.25) is 0 Å². The molecule has 0 saturated heterocycles. The van der Waals surface area contributed by atoms with E-state index >= 15 is 0 Å². The van der Waals surface area contributed by atoms with Crippen LogP contribution in [0.25, 0.3) is 10.9 Å². The summed E-state index contributed by atoms with van der Waals surface area (Å²) in [5, 5.41) is 1.09. The van der Waals surface area contributed by atoms with Gasteiger partial charge in [-0.2, -0.15) is 0 Å². The largest absolute Gasteiger partial charge is 0.360 e. The Labute approximate surface area is 102 Å². The molecule has 2 heteroatoms. The molecule has 0 spiro atoms. The molecule has 0 bridgehead atoms. The van der Waals surface area contributed by atoms with Crippen molar-refractivity contribution in [2.75, 3.05) is 0 Å². The zero-order chi connectivity index (χ0) is 12.3. The third-order valence-corrected chi connectivity index (χ3v) is 3.22. The lowest BCUT2D eigenvalue weighted by Gasteiger charge is -2.01. The molecule has 0 saturated carbocycles. The molecule has 2 aromatic rings. The lowest BCUT2D eigenvalue weighted by Crippen LogP contribution is -1.98. The SMILES string of the molecule is CCCCCC(=O)c1c[nH]c2cccc(C)c12. The normalized spacial score (nSPS) is 10.9. The van der Waals surface area contributed by atoms with E-state index in [9.17, 15) is 4.79 Å². The third-order valence-electron chi connectivity index (χ3n) is 3.22. The molecule has 1 heterocycles. The molecule has 0 atom stereocenters. The van der Waals surface area contributed by atoms with Crippen molar-refractivity contribution in [3.8, 4) is 0 Å². The number of Topliss-reactive ketones (excluding diaryl/α,β-unsaturated/α-hetero) is 1. The first-order chi connectivity index (χ1) is 8.24. The molecule has 90 valence electrons. The van der Waals surface area contributed by atoms with Gasteiger partial charge < -0.3 is 4.98 Å². The van der Waals surface area contributed by atoms with Crippen LogP contribution in [0.15, 0.2) is 24.4 Å². The highest BCUT2D eigenvalue weighted by atomic mass is 16.1. The molecule has 0 unspecified atom stereocenters. The molecule has 2 nitrogen and oxygen atoms in total. The minimum atomic E-state index is 0.263. The molecule has 2 rings (SSSR count). The van der Waals surface area contributed by atoms with E-state index in [1.807, 2.05) is 18.3 Å². The Morgan fingerprint density at radius 3 is 2.88 bits per heavy atom. The van der Waals surface area contributed by atoms with Crippen molar-refractivity contribution < 1.29 is 4.79 Å². The molecule has 0 fully saturated rings. The maximum atomic E-state index is 12.1. The second kappa shape index (κ2) is 5.17. The number of aromatic nitrogens is 1. The number of H-pyrrole nitrogens is 1. The highest BCUT2D eigenvalue weighted by molar-refractivity contribution is 6.08. The Bertz CT molecular complexity index is 525. The van der Waals surface area contributed by atoms with Crippen LogP contribution in [0.5, 0.6) is 0 Å². The lowest BCUT2D eigenvalue weighted by atomic mass is 10.0. The number of aromatic amines is 1. The fourth-order valence-corrected chi connectivity index (χ4v) is 2.26. The summed E-state index contributed by atoms with van der Waals surface area (Å²) in [6.45, 7) is 4.21. The Morgan fingerprint density at radius 1 is 1.29 bits per heavy atom. The average molecular weight is 229 g/mol. The minimum Gasteiger partial charge on any atom is -0.360 e. The van der Waals surface area contributed by atoms with Crippen LogP contribution < -0.4 is 0 Å². The van der Waals surface area contributed by atoms with Crippen LogP contribution in [-0.2, 0) is 0 Å². The van der Waals surface area contributed by atoms with Crippen molar-refractivity contribution in [1.82, 2.24) is 4.98 Å². The predicted molar refractivity (Wildman–Crippen MR) is 71.5 cm³/mol. The summed E-state index contributed by atoms with van der Waals surface area (Å²) < 4.78 is 0. The van der Waals surface area contributed by atoms with Crippen molar-refractivity contribution in [1.29, 1.82) is 0 Å². The number of benzene rings is 1. The molecule has 0 aliphatic carbocycles. The minimum absolute atomic E-state index is 0.263. The van der Waals surface area contributed by atoms with E-state index in [1.54, 1.807) is 0 Å². The van der Waals surface area contributed by atoms with Gasteiger partial charge in [-0.3, -0.25) is 4.79 Å². The van der Waals surface area contributed by atoms with Gasteiger partial charge >= 0.3 is 0 Å². The summed E-state index contributed by atoms with van der Waals surface area (Å²) in [6.07, 6.45) is 5.79. The molecular weight excluding hydrogens is 210 g/mol. The van der Waals surface area contributed by atoms with Crippen molar-refractivity contribution in [2.24, 2.45) is 0 Å². The smallest absolute Gasteiger partial charge is 0.165 e. The zero-order valence-corrected chi connectivity index (χ0v) is 10.5. The second-order valence-electron chi connectivity index (χ2n) is 4.58. The maximum Gasteiger partial charge on any atom is 0.165 e. The van der Waals surface area contributed by atoms with Crippen molar-refractivity contribution in [3.05, 3.63) is 35.5 Å². The second-order valence-corrected chi connectivity index (χ2v) is 4.58. The van der Waals surface area contributed by atoms with E-state index in [0.29, 0.717) is 6.42 Å². The number of hydrogen-bond acceptors (Lipinski definition) is 1. The van der Waals surface area contributed by atoms with Crippen molar-refractivity contribution >= 4 is 16.7 Å². The van der Waals surface area contributed by atoms with E-state index in [4.69, 9.17) is 0 Å². The number of nitrogens with one attached hydrogen (secondary N) is 1. The van der Waals surface area contributed by atoms with Crippen LogP contribution in [0.4, 0.5) is 0 Å². The number of unbranched alkanes of at least 4 members (excludes halogenated alkanes) is 2. The Morgan fingerprint density at radius 2 is 2.12 bits per heavy atom. The fourth-order valence-electron chi connectivity index (χ4n) is 2.26. The van der Waals surface area contributed by atoms with Gasteiger partial charge in [-0.15, -0.1) is 0 Å². The molecule has 0 aliphatic rings. The standard InChI is InChI=1S/C15H19NO/c1-3-4-5-9-14(17)12-10-16-13-8-6-7-11(2)15(12)13/h6-8,10,16H,3-5,9H2,1-2H3. The molecule has 0 amide bonds. The van der Waals surface area contributed by atoms with Gasteiger partial charge in [-0.1, -0.05) is 31.9 Å². The van der Waals surface area contributed by atoms with E-state index in [2.05, 4.69) is 24.9 Å². The Balaban J connectivity index is 2.26. The lowest BCUT2D eigenvalue weighted by molar-refractivity contribution is 0.0981. The van der Waals surface area contributed by atoms with Crippen LogP contribution in [-0.4, -0.2) is 10.8 Å². The van der Waals surface area contributed by atoms with Crippen molar-refractivity contribution in [2.45, 2.75) is 39.5 Å². The Hall–Kier alpha value is -1.57. The molecule has 0 aliphatic heterocycles. The highest BCUT2D eigenvalue weighted by Gasteiger charge is 2.12. The summed E-state index contributed by atoms with van der Waals surface area (Å²) in [4.78, 5) is 15.3. The van der Waals surface area contributed by atoms with Gasteiger partial charge in [0, 0.05) is 29.1 Å². The van der Waals surface area contributed by atoms with Gasteiger partial charge in [-0.25, -0.2) is 0 Å². The van der Waals surface area contributed by atoms with E-state index in [-0.39, 0.29) is 5.78 Å². The van der Waals surface area contributed by atoms with Gasteiger partial charge in [0.05, 0.1) is 0 Å².